The number of benzene rings is 2. The summed E-state index contributed by atoms with van der Waals surface area (Å²) in [6, 6.07) is 18.3. The van der Waals surface area contributed by atoms with Gasteiger partial charge in [0.25, 0.3) is 5.91 Å². The van der Waals surface area contributed by atoms with Gasteiger partial charge in [-0.25, -0.2) is 5.48 Å². The number of fused-ring (bicyclic) bond motifs is 1. The number of hydroxylamine groups is 1. The first-order chi connectivity index (χ1) is 13.7. The Bertz CT molecular complexity index is 997. The topological polar surface area (TPSA) is 70.6 Å². The highest BCUT2D eigenvalue weighted by atomic mass is 32.1. The van der Waals surface area contributed by atoms with Crippen molar-refractivity contribution in [2.24, 2.45) is 0 Å². The zero-order valence-electron chi connectivity index (χ0n) is 15.4. The standard InChI is InChI=1S/C22H22N2O3S/c25-22(24-26)21-13-17-12-16(6-9-20(17)28-21)19-8-7-18(27-19)14-23-11-10-15-4-2-1-3-5-15/h1-6,8-9,12-13,18,23,26H,7,10-11,14H2,(H,24,25). The Balaban J connectivity index is 1.31. The van der Waals surface area contributed by atoms with E-state index < -0.39 is 5.91 Å². The van der Waals surface area contributed by atoms with Crippen LogP contribution in [0.15, 0.2) is 60.7 Å². The second-order valence-corrected chi connectivity index (χ2v) is 7.87. The third-order valence-corrected chi connectivity index (χ3v) is 5.91. The molecule has 28 heavy (non-hydrogen) atoms. The van der Waals surface area contributed by atoms with Gasteiger partial charge in [-0.05, 0) is 54.3 Å². The number of carbonyl (C=O) groups excluding carboxylic acids is 1. The van der Waals surface area contributed by atoms with Crippen molar-refractivity contribution in [1.82, 2.24) is 10.8 Å². The van der Waals surface area contributed by atoms with Gasteiger partial charge in [-0.2, -0.15) is 0 Å². The average Bonchev–Trinajstić information content (AvgIpc) is 3.38. The molecule has 3 N–H and O–H groups in total. The minimum absolute atomic E-state index is 0.139. The molecular formula is C22H22N2O3S. The number of thiophene rings is 1. The van der Waals surface area contributed by atoms with Crippen LogP contribution < -0.4 is 10.8 Å². The summed E-state index contributed by atoms with van der Waals surface area (Å²) in [4.78, 5) is 12.1. The molecule has 1 aromatic heterocycles. The summed E-state index contributed by atoms with van der Waals surface area (Å²) < 4.78 is 7.11. The predicted octanol–water partition coefficient (Wildman–Crippen LogP) is 3.98. The minimum atomic E-state index is -0.485. The van der Waals surface area contributed by atoms with Crippen molar-refractivity contribution >= 4 is 33.1 Å². The Morgan fingerprint density at radius 3 is 2.86 bits per heavy atom. The van der Waals surface area contributed by atoms with Crippen molar-refractivity contribution in [3.05, 3.63) is 76.7 Å². The summed E-state index contributed by atoms with van der Waals surface area (Å²) in [6.07, 6.45) is 4.15. The third-order valence-electron chi connectivity index (χ3n) is 4.79. The number of carbonyl (C=O) groups is 1. The first-order valence-electron chi connectivity index (χ1n) is 9.33. The lowest BCUT2D eigenvalue weighted by atomic mass is 10.1. The smallest absolute Gasteiger partial charge is 0.284 e. The summed E-state index contributed by atoms with van der Waals surface area (Å²) in [5.74, 6) is 0.400. The molecule has 0 fully saturated rings. The first-order valence-corrected chi connectivity index (χ1v) is 10.1. The van der Waals surface area contributed by atoms with Gasteiger partial charge in [0.1, 0.15) is 11.9 Å². The van der Waals surface area contributed by atoms with E-state index in [1.54, 1.807) is 11.5 Å². The molecule has 4 rings (SSSR count). The summed E-state index contributed by atoms with van der Waals surface area (Å²) >= 11 is 1.35. The zero-order valence-corrected chi connectivity index (χ0v) is 16.2. The maximum absolute atomic E-state index is 11.6. The largest absolute Gasteiger partial charge is 0.488 e. The van der Waals surface area contributed by atoms with Gasteiger partial charge in [-0.1, -0.05) is 30.3 Å². The molecule has 0 spiro atoms. The molecule has 3 aromatic rings. The van der Waals surface area contributed by atoms with Crippen LogP contribution in [0.2, 0.25) is 0 Å². The van der Waals surface area contributed by atoms with E-state index in [1.807, 2.05) is 24.3 Å². The van der Waals surface area contributed by atoms with Crippen molar-refractivity contribution < 1.29 is 14.7 Å². The summed E-state index contributed by atoms with van der Waals surface area (Å²) in [6.45, 7) is 1.74. The molecule has 2 heterocycles. The Morgan fingerprint density at radius 2 is 2.04 bits per heavy atom. The minimum Gasteiger partial charge on any atom is -0.488 e. The molecule has 0 bridgehead atoms. The van der Waals surface area contributed by atoms with Crippen LogP contribution in [0.5, 0.6) is 0 Å². The maximum Gasteiger partial charge on any atom is 0.284 e. The van der Waals surface area contributed by atoms with Crippen LogP contribution in [0.25, 0.3) is 15.8 Å². The quantitative estimate of drug-likeness (QED) is 0.322. The molecular weight excluding hydrogens is 372 g/mol. The number of hydrogen-bond acceptors (Lipinski definition) is 5. The van der Waals surface area contributed by atoms with Gasteiger partial charge < -0.3 is 10.1 Å². The fourth-order valence-corrected chi connectivity index (χ4v) is 4.26. The van der Waals surface area contributed by atoms with Gasteiger partial charge in [-0.15, -0.1) is 11.3 Å². The summed E-state index contributed by atoms with van der Waals surface area (Å²) in [7, 11) is 0. The molecule has 1 aliphatic heterocycles. The van der Waals surface area contributed by atoms with Crippen molar-refractivity contribution in [2.45, 2.75) is 18.9 Å². The van der Waals surface area contributed by atoms with Gasteiger partial charge in [-0.3, -0.25) is 10.0 Å². The SMILES string of the molecule is O=C(NO)c1cc2cc(C3=CCC(CNCCc4ccccc4)O3)ccc2s1. The van der Waals surface area contributed by atoms with Gasteiger partial charge in [0.15, 0.2) is 0 Å². The number of rotatable bonds is 7. The average molecular weight is 394 g/mol. The van der Waals surface area contributed by atoms with Crippen LogP contribution >= 0.6 is 11.3 Å². The van der Waals surface area contributed by atoms with E-state index in [0.717, 1.165) is 47.3 Å². The molecule has 1 atom stereocenters. The maximum atomic E-state index is 11.6. The molecule has 0 aliphatic carbocycles. The van der Waals surface area contributed by atoms with E-state index in [4.69, 9.17) is 9.94 Å². The van der Waals surface area contributed by atoms with Gasteiger partial charge >= 0.3 is 0 Å². The Morgan fingerprint density at radius 1 is 1.18 bits per heavy atom. The van der Waals surface area contributed by atoms with E-state index >= 15 is 0 Å². The summed E-state index contributed by atoms with van der Waals surface area (Å²) in [5.41, 5.74) is 4.02. The lowest BCUT2D eigenvalue weighted by Gasteiger charge is -2.14. The van der Waals surface area contributed by atoms with E-state index in [9.17, 15) is 4.79 Å². The molecule has 6 heteroatoms. The lowest BCUT2D eigenvalue weighted by Crippen LogP contribution is -2.28. The van der Waals surface area contributed by atoms with Gasteiger partial charge in [0, 0.05) is 23.2 Å². The van der Waals surface area contributed by atoms with Gasteiger partial charge in [0.2, 0.25) is 0 Å². The predicted molar refractivity (Wildman–Crippen MR) is 112 cm³/mol. The molecule has 1 unspecified atom stereocenters. The van der Waals surface area contributed by atoms with Crippen LogP contribution in [0, 0.1) is 0 Å². The van der Waals surface area contributed by atoms with Crippen molar-refractivity contribution in [1.29, 1.82) is 0 Å². The van der Waals surface area contributed by atoms with E-state index in [-0.39, 0.29) is 6.10 Å². The van der Waals surface area contributed by atoms with Crippen LogP contribution in [0.4, 0.5) is 0 Å². The van der Waals surface area contributed by atoms with Crippen molar-refractivity contribution in [3.63, 3.8) is 0 Å². The van der Waals surface area contributed by atoms with E-state index in [0.29, 0.717) is 4.88 Å². The van der Waals surface area contributed by atoms with Crippen LogP contribution in [0.3, 0.4) is 0 Å². The van der Waals surface area contributed by atoms with Crippen LogP contribution in [0.1, 0.15) is 27.2 Å². The Hall–Kier alpha value is -2.67. The van der Waals surface area contributed by atoms with Crippen molar-refractivity contribution in [2.75, 3.05) is 13.1 Å². The molecule has 1 aliphatic rings. The van der Waals surface area contributed by atoms with E-state index in [2.05, 4.69) is 35.7 Å². The number of amides is 1. The fourth-order valence-electron chi connectivity index (χ4n) is 3.33. The van der Waals surface area contributed by atoms with Crippen molar-refractivity contribution in [3.8, 4) is 0 Å². The molecule has 0 radical (unpaired) electrons. The Kier molecular flexibility index (Phi) is 5.71. The molecule has 144 valence electrons. The number of ether oxygens (including phenoxy) is 1. The molecule has 0 saturated carbocycles. The highest BCUT2D eigenvalue weighted by Gasteiger charge is 2.19. The molecule has 5 nitrogen and oxygen atoms in total. The Labute approximate surface area is 167 Å². The monoisotopic (exact) mass is 394 g/mol. The molecule has 2 aromatic carbocycles. The molecule has 0 saturated heterocycles. The number of nitrogens with one attached hydrogen (secondary N) is 2. The molecule has 1 amide bonds. The van der Waals surface area contributed by atoms with Gasteiger partial charge in [0.05, 0.1) is 4.88 Å². The number of hydrogen-bond donors (Lipinski definition) is 3. The first kappa shape index (κ1) is 18.7. The summed E-state index contributed by atoms with van der Waals surface area (Å²) in [5, 5.41) is 13.2. The highest BCUT2D eigenvalue weighted by Crippen LogP contribution is 2.31. The van der Waals surface area contributed by atoms with Crippen LogP contribution in [-0.4, -0.2) is 30.3 Å². The zero-order chi connectivity index (χ0) is 19.3. The highest BCUT2D eigenvalue weighted by molar-refractivity contribution is 7.20. The van der Waals surface area contributed by atoms with E-state index in [1.165, 1.54) is 16.9 Å². The lowest BCUT2D eigenvalue weighted by molar-refractivity contribution is 0.0711. The fraction of sp³-hybridized carbons (Fsp3) is 0.227. The second kappa shape index (κ2) is 8.56. The normalized spacial score (nSPS) is 16.0. The van der Waals surface area contributed by atoms with Crippen LogP contribution in [-0.2, 0) is 11.2 Å². The second-order valence-electron chi connectivity index (χ2n) is 6.79. The third kappa shape index (κ3) is 4.25.